The average Bonchev–Trinajstić information content (AvgIpc) is 2.35. The lowest BCUT2D eigenvalue weighted by molar-refractivity contribution is 1.08. The molecule has 0 bridgehead atoms. The summed E-state index contributed by atoms with van der Waals surface area (Å²) in [5, 5.41) is 0. The predicted octanol–water partition coefficient (Wildman–Crippen LogP) is 4.88. The Morgan fingerprint density at radius 3 is 1.50 bits per heavy atom. The Labute approximate surface area is 113 Å². The minimum absolute atomic E-state index is 0.379. The van der Waals surface area contributed by atoms with E-state index in [0.29, 0.717) is 5.66 Å². The van der Waals surface area contributed by atoms with Gasteiger partial charge in [-0.1, -0.05) is 36.4 Å². The first kappa shape index (κ1) is 13.3. The first-order valence-electron chi connectivity index (χ1n) is 6.40. The van der Waals surface area contributed by atoms with Crippen LogP contribution in [0.3, 0.4) is 0 Å². The molecule has 0 nitrogen and oxygen atoms in total. The Morgan fingerprint density at radius 2 is 1.11 bits per heavy atom. The number of benzene rings is 2. The molecule has 0 N–H and O–H groups in total. The summed E-state index contributed by atoms with van der Waals surface area (Å²) < 4.78 is 0. The van der Waals surface area contributed by atoms with E-state index in [1.807, 2.05) is 0 Å². The predicted molar refractivity (Wildman–Crippen MR) is 83.4 cm³/mol. The summed E-state index contributed by atoms with van der Waals surface area (Å²) in [5.74, 6) is 0. The second-order valence-electron chi connectivity index (χ2n) is 5.06. The molecular weight excluding hydrogens is 235 g/mol. The summed E-state index contributed by atoms with van der Waals surface area (Å²) in [6.45, 7) is 8.79. The van der Waals surface area contributed by atoms with Crippen LogP contribution in [0.4, 0.5) is 0 Å². The highest BCUT2D eigenvalue weighted by Gasteiger charge is 2.14. The average molecular weight is 256 g/mol. The first-order valence-corrected chi connectivity index (χ1v) is 7.07. The van der Waals surface area contributed by atoms with E-state index in [4.69, 9.17) is 0 Å². The Hall–Kier alpha value is -1.13. The summed E-state index contributed by atoms with van der Waals surface area (Å²) in [5.41, 5.74) is 8.74. The van der Waals surface area contributed by atoms with E-state index < -0.39 is 0 Å². The van der Waals surface area contributed by atoms with Crippen LogP contribution in [0, 0.1) is 27.7 Å². The molecule has 18 heavy (non-hydrogen) atoms. The van der Waals surface area contributed by atoms with Gasteiger partial charge in [-0.2, -0.15) is 0 Å². The fourth-order valence-electron chi connectivity index (χ4n) is 2.39. The van der Waals surface area contributed by atoms with E-state index in [0.717, 1.165) is 0 Å². The zero-order valence-electron chi connectivity index (χ0n) is 11.6. The van der Waals surface area contributed by atoms with Crippen molar-refractivity contribution in [2.45, 2.75) is 33.4 Å². The largest absolute Gasteiger partial charge is 0.125 e. The second-order valence-corrected chi connectivity index (χ2v) is 5.72. The molecule has 2 aromatic rings. The molecule has 1 atom stereocenters. The van der Waals surface area contributed by atoms with Crippen LogP contribution in [0.1, 0.15) is 39.0 Å². The van der Waals surface area contributed by atoms with E-state index in [9.17, 15) is 0 Å². The zero-order valence-corrected chi connectivity index (χ0v) is 12.8. The van der Waals surface area contributed by atoms with Gasteiger partial charge in [-0.15, -0.1) is 9.24 Å². The van der Waals surface area contributed by atoms with E-state index in [1.54, 1.807) is 0 Å². The number of aryl methyl sites for hydroxylation is 2. The van der Waals surface area contributed by atoms with Crippen LogP contribution in [-0.4, -0.2) is 0 Å². The van der Waals surface area contributed by atoms with Crippen molar-refractivity contribution in [3.8, 4) is 0 Å². The maximum absolute atomic E-state index is 3.00. The van der Waals surface area contributed by atoms with Crippen molar-refractivity contribution >= 4 is 9.24 Å². The molecule has 0 aliphatic heterocycles. The lowest BCUT2D eigenvalue weighted by Crippen LogP contribution is -2.00. The van der Waals surface area contributed by atoms with E-state index in [1.165, 1.54) is 33.4 Å². The van der Waals surface area contributed by atoms with Gasteiger partial charge in [0, 0.05) is 5.66 Å². The van der Waals surface area contributed by atoms with Crippen molar-refractivity contribution in [2.75, 3.05) is 0 Å². The molecule has 0 saturated heterocycles. The van der Waals surface area contributed by atoms with Crippen molar-refractivity contribution in [1.82, 2.24) is 0 Å². The van der Waals surface area contributed by atoms with Gasteiger partial charge in [0.15, 0.2) is 0 Å². The standard InChI is InChI=1S/C17H21P/c1-11-7-5-9-15(13(11)3)17(18)16-10-6-8-12(2)14(16)4/h5-10,17H,18H2,1-4H3. The molecule has 0 radical (unpaired) electrons. The highest BCUT2D eigenvalue weighted by Crippen LogP contribution is 2.36. The van der Waals surface area contributed by atoms with Gasteiger partial charge in [-0.05, 0) is 61.1 Å². The normalized spacial score (nSPS) is 11.0. The van der Waals surface area contributed by atoms with Crippen molar-refractivity contribution < 1.29 is 0 Å². The van der Waals surface area contributed by atoms with E-state index >= 15 is 0 Å². The number of hydrogen-bond acceptors (Lipinski definition) is 0. The van der Waals surface area contributed by atoms with Gasteiger partial charge >= 0.3 is 0 Å². The molecule has 0 aliphatic carbocycles. The molecule has 0 fully saturated rings. The van der Waals surface area contributed by atoms with E-state index in [-0.39, 0.29) is 0 Å². The molecule has 0 aliphatic rings. The van der Waals surface area contributed by atoms with Crippen LogP contribution in [-0.2, 0) is 0 Å². The molecule has 0 aromatic heterocycles. The molecule has 2 aromatic carbocycles. The molecule has 0 amide bonds. The maximum Gasteiger partial charge on any atom is 0.0239 e. The lowest BCUT2D eigenvalue weighted by atomic mass is 9.93. The summed E-state index contributed by atoms with van der Waals surface area (Å²) in [6.07, 6.45) is 0. The van der Waals surface area contributed by atoms with Gasteiger partial charge < -0.3 is 0 Å². The molecule has 0 saturated carbocycles. The van der Waals surface area contributed by atoms with Gasteiger partial charge in [0.05, 0.1) is 0 Å². The van der Waals surface area contributed by atoms with E-state index in [2.05, 4.69) is 73.3 Å². The quantitative estimate of drug-likeness (QED) is 0.671. The SMILES string of the molecule is Cc1cccc(C(P)c2cccc(C)c2C)c1C. The molecule has 2 rings (SSSR count). The zero-order chi connectivity index (χ0) is 13.3. The molecular formula is C17H21P. The van der Waals surface area contributed by atoms with Gasteiger partial charge in [0.1, 0.15) is 0 Å². The highest BCUT2D eigenvalue weighted by molar-refractivity contribution is 7.17. The third-order valence-electron chi connectivity index (χ3n) is 3.96. The Kier molecular flexibility index (Phi) is 3.88. The Balaban J connectivity index is 2.51. The molecule has 1 unspecified atom stereocenters. The van der Waals surface area contributed by atoms with Crippen LogP contribution in [0.15, 0.2) is 36.4 Å². The third-order valence-corrected chi connectivity index (χ3v) is 4.68. The first-order chi connectivity index (χ1) is 8.52. The minimum Gasteiger partial charge on any atom is -0.125 e. The molecule has 0 heterocycles. The lowest BCUT2D eigenvalue weighted by Gasteiger charge is -2.19. The number of hydrogen-bond donors (Lipinski definition) is 0. The molecule has 0 spiro atoms. The topological polar surface area (TPSA) is 0 Å². The van der Waals surface area contributed by atoms with Crippen LogP contribution in [0.5, 0.6) is 0 Å². The van der Waals surface area contributed by atoms with Crippen molar-refractivity contribution in [3.63, 3.8) is 0 Å². The summed E-state index contributed by atoms with van der Waals surface area (Å²) in [7, 11) is 3.00. The van der Waals surface area contributed by atoms with Crippen LogP contribution >= 0.6 is 9.24 Å². The summed E-state index contributed by atoms with van der Waals surface area (Å²) in [6, 6.07) is 13.1. The van der Waals surface area contributed by atoms with Gasteiger partial charge in [0.2, 0.25) is 0 Å². The van der Waals surface area contributed by atoms with Gasteiger partial charge in [-0.25, -0.2) is 0 Å². The fourth-order valence-corrected chi connectivity index (χ4v) is 3.11. The van der Waals surface area contributed by atoms with Crippen LogP contribution in [0.25, 0.3) is 0 Å². The van der Waals surface area contributed by atoms with Crippen molar-refractivity contribution in [1.29, 1.82) is 0 Å². The number of rotatable bonds is 2. The molecule has 1 heteroatoms. The smallest absolute Gasteiger partial charge is 0.0239 e. The maximum atomic E-state index is 3.00. The minimum atomic E-state index is 0.379. The Morgan fingerprint density at radius 1 is 0.722 bits per heavy atom. The third kappa shape index (κ3) is 2.35. The van der Waals surface area contributed by atoms with Gasteiger partial charge in [0.25, 0.3) is 0 Å². The second kappa shape index (κ2) is 5.24. The van der Waals surface area contributed by atoms with Crippen LogP contribution < -0.4 is 0 Å². The monoisotopic (exact) mass is 256 g/mol. The van der Waals surface area contributed by atoms with Crippen molar-refractivity contribution in [2.24, 2.45) is 0 Å². The summed E-state index contributed by atoms with van der Waals surface area (Å²) in [4.78, 5) is 0. The fraction of sp³-hybridized carbons (Fsp3) is 0.294. The highest BCUT2D eigenvalue weighted by atomic mass is 31.0. The molecule has 94 valence electrons. The van der Waals surface area contributed by atoms with Gasteiger partial charge in [-0.3, -0.25) is 0 Å². The van der Waals surface area contributed by atoms with Crippen molar-refractivity contribution in [3.05, 3.63) is 69.8 Å². The Bertz CT molecular complexity index is 518. The van der Waals surface area contributed by atoms with Crippen LogP contribution in [0.2, 0.25) is 0 Å². The summed E-state index contributed by atoms with van der Waals surface area (Å²) >= 11 is 0.